The van der Waals surface area contributed by atoms with E-state index < -0.39 is 11.7 Å². The maximum atomic E-state index is 11.9. The predicted molar refractivity (Wildman–Crippen MR) is 71.3 cm³/mol. The molecule has 0 atom stereocenters. The van der Waals surface area contributed by atoms with E-state index in [1.54, 1.807) is 18.2 Å². The van der Waals surface area contributed by atoms with Crippen LogP contribution in [0.4, 0.5) is 5.69 Å². The van der Waals surface area contributed by atoms with Crippen LogP contribution in [0.25, 0.3) is 0 Å². The lowest BCUT2D eigenvalue weighted by Gasteiger charge is -2.16. The third kappa shape index (κ3) is 2.40. The Bertz CT molecular complexity index is 488. The van der Waals surface area contributed by atoms with Crippen LogP contribution in [-0.2, 0) is 4.79 Å². The highest BCUT2D eigenvalue weighted by Gasteiger charge is 2.35. The number of ketones is 1. The van der Waals surface area contributed by atoms with Crippen LogP contribution in [0, 0.1) is 0 Å². The maximum absolute atomic E-state index is 11.9. The number of carbonyl (C=O) groups is 2. The van der Waals surface area contributed by atoms with Gasteiger partial charge in [0.2, 0.25) is 0 Å². The molecule has 0 spiro atoms. The van der Waals surface area contributed by atoms with Gasteiger partial charge in [-0.15, -0.1) is 0 Å². The second-order valence-electron chi connectivity index (χ2n) is 4.15. The van der Waals surface area contributed by atoms with E-state index >= 15 is 0 Å². The molecule has 0 fully saturated rings. The van der Waals surface area contributed by atoms with E-state index in [1.165, 1.54) is 4.90 Å². The molecule has 0 aliphatic carbocycles. The molecule has 1 aliphatic rings. The molecule has 5 heteroatoms. The van der Waals surface area contributed by atoms with Gasteiger partial charge >= 0.3 is 0 Å². The highest BCUT2D eigenvalue weighted by atomic mass is 35.5. The number of benzene rings is 1. The van der Waals surface area contributed by atoms with E-state index in [9.17, 15) is 9.59 Å². The smallest absolute Gasteiger partial charge is 0.299 e. The fourth-order valence-electron chi connectivity index (χ4n) is 2.03. The second-order valence-corrected chi connectivity index (χ2v) is 4.59. The monoisotopic (exact) mass is 266 g/mol. The minimum Gasteiger partial charge on any atom is -0.317 e. The molecule has 1 N–H and O–H groups in total. The third-order valence-corrected chi connectivity index (χ3v) is 3.15. The first-order chi connectivity index (χ1) is 8.65. The van der Waals surface area contributed by atoms with Gasteiger partial charge in [-0.25, -0.2) is 0 Å². The second kappa shape index (κ2) is 5.50. The minimum absolute atomic E-state index is 0.413. The zero-order valence-corrected chi connectivity index (χ0v) is 11.0. The van der Waals surface area contributed by atoms with Gasteiger partial charge in [0.05, 0.1) is 11.3 Å². The first-order valence-corrected chi connectivity index (χ1v) is 6.39. The van der Waals surface area contributed by atoms with Crippen LogP contribution in [-0.4, -0.2) is 31.3 Å². The maximum Gasteiger partial charge on any atom is 0.299 e. The molecular weight excluding hydrogens is 252 g/mol. The van der Waals surface area contributed by atoms with Crippen molar-refractivity contribution in [2.45, 2.75) is 13.3 Å². The van der Waals surface area contributed by atoms with Gasteiger partial charge in [-0.3, -0.25) is 9.59 Å². The average molecular weight is 267 g/mol. The first kappa shape index (κ1) is 13.1. The van der Waals surface area contributed by atoms with E-state index in [2.05, 4.69) is 5.32 Å². The van der Waals surface area contributed by atoms with Crippen LogP contribution < -0.4 is 10.2 Å². The average Bonchev–Trinajstić information content (AvgIpc) is 2.59. The zero-order chi connectivity index (χ0) is 13.1. The molecule has 0 radical (unpaired) electrons. The van der Waals surface area contributed by atoms with Crippen LogP contribution >= 0.6 is 11.6 Å². The summed E-state index contributed by atoms with van der Waals surface area (Å²) in [5.41, 5.74) is 1.09. The molecule has 0 saturated carbocycles. The lowest BCUT2D eigenvalue weighted by Crippen LogP contribution is -2.32. The summed E-state index contributed by atoms with van der Waals surface area (Å²) in [5, 5.41) is 3.66. The number of anilines is 1. The van der Waals surface area contributed by atoms with Gasteiger partial charge in [0.25, 0.3) is 11.7 Å². The largest absolute Gasteiger partial charge is 0.317 e. The van der Waals surface area contributed by atoms with Gasteiger partial charge in [0.15, 0.2) is 0 Å². The number of rotatable bonds is 5. The summed E-state index contributed by atoms with van der Waals surface area (Å²) in [6.07, 6.45) is 0.814. The number of halogens is 1. The molecule has 1 aromatic rings. The number of carbonyl (C=O) groups excluding carboxylic acids is 2. The minimum atomic E-state index is -0.462. The summed E-state index contributed by atoms with van der Waals surface area (Å²) in [4.78, 5) is 25.2. The number of amides is 1. The van der Waals surface area contributed by atoms with Crippen LogP contribution in [0.15, 0.2) is 18.2 Å². The summed E-state index contributed by atoms with van der Waals surface area (Å²) < 4.78 is 0. The Morgan fingerprint density at radius 1 is 1.33 bits per heavy atom. The highest BCUT2D eigenvalue weighted by Crippen LogP contribution is 2.31. The zero-order valence-electron chi connectivity index (χ0n) is 10.2. The lowest BCUT2D eigenvalue weighted by molar-refractivity contribution is -0.114. The number of Topliss-reactive ketones (excluding diaryl/α,β-unsaturated/α-hetero) is 1. The van der Waals surface area contributed by atoms with Gasteiger partial charge in [-0.05, 0) is 37.7 Å². The first-order valence-electron chi connectivity index (χ1n) is 6.01. The van der Waals surface area contributed by atoms with Crippen LogP contribution in [0.5, 0.6) is 0 Å². The fourth-order valence-corrected chi connectivity index (χ4v) is 2.21. The fraction of sp³-hybridized carbons (Fsp3) is 0.385. The summed E-state index contributed by atoms with van der Waals surface area (Å²) in [7, 11) is 0. The highest BCUT2D eigenvalue weighted by molar-refractivity contribution is 6.52. The summed E-state index contributed by atoms with van der Waals surface area (Å²) >= 11 is 5.84. The molecule has 1 amide bonds. The van der Waals surface area contributed by atoms with Crippen molar-refractivity contribution in [2.24, 2.45) is 0 Å². The number of nitrogens with zero attached hydrogens (tertiary/aromatic N) is 1. The quantitative estimate of drug-likeness (QED) is 0.654. The van der Waals surface area contributed by atoms with Crippen molar-refractivity contribution < 1.29 is 9.59 Å². The van der Waals surface area contributed by atoms with Crippen molar-refractivity contribution in [2.75, 3.05) is 24.5 Å². The molecule has 96 valence electrons. The molecule has 0 aromatic heterocycles. The number of nitrogens with one attached hydrogen (secondary N) is 1. The van der Waals surface area contributed by atoms with E-state index in [-0.39, 0.29) is 0 Å². The van der Waals surface area contributed by atoms with Crippen molar-refractivity contribution >= 4 is 29.0 Å². The molecule has 1 heterocycles. The van der Waals surface area contributed by atoms with Gasteiger partial charge in [-0.2, -0.15) is 0 Å². The predicted octanol–water partition coefficient (Wildman–Crippen LogP) is 1.87. The van der Waals surface area contributed by atoms with Crippen LogP contribution in [0.3, 0.4) is 0 Å². The van der Waals surface area contributed by atoms with E-state index in [0.29, 0.717) is 22.8 Å². The Morgan fingerprint density at radius 3 is 2.83 bits per heavy atom. The summed E-state index contributed by atoms with van der Waals surface area (Å²) in [6.45, 7) is 4.31. The Morgan fingerprint density at radius 2 is 2.11 bits per heavy atom. The number of hydrogen-bond donors (Lipinski definition) is 1. The Kier molecular flexibility index (Phi) is 3.99. The van der Waals surface area contributed by atoms with Crippen LogP contribution in [0.2, 0.25) is 5.02 Å². The Labute approximate surface area is 111 Å². The van der Waals surface area contributed by atoms with E-state index in [1.807, 2.05) is 6.92 Å². The Balaban J connectivity index is 2.13. The van der Waals surface area contributed by atoms with Crippen molar-refractivity contribution in [1.82, 2.24) is 5.32 Å². The molecule has 2 rings (SSSR count). The summed E-state index contributed by atoms with van der Waals surface area (Å²) in [5.74, 6) is -0.917. The molecule has 1 aromatic carbocycles. The van der Waals surface area contributed by atoms with E-state index in [4.69, 9.17) is 11.6 Å². The van der Waals surface area contributed by atoms with Crippen molar-refractivity contribution in [1.29, 1.82) is 0 Å². The van der Waals surface area contributed by atoms with Crippen molar-refractivity contribution in [3.05, 3.63) is 28.8 Å². The molecular formula is C13H15ClN2O2. The van der Waals surface area contributed by atoms with Gasteiger partial charge in [0.1, 0.15) is 0 Å². The van der Waals surface area contributed by atoms with Gasteiger partial charge in [-0.1, -0.05) is 18.5 Å². The van der Waals surface area contributed by atoms with Gasteiger partial charge < -0.3 is 10.2 Å². The SMILES string of the molecule is CCNCCCN1C(=O)C(=O)c2cc(Cl)ccc21. The molecule has 0 unspecified atom stereocenters. The standard InChI is InChI=1S/C13H15ClN2O2/c1-2-15-6-3-7-16-11-5-4-9(14)8-10(11)12(17)13(16)18/h4-5,8,15H,2-3,6-7H2,1H3. The van der Waals surface area contributed by atoms with Crippen molar-refractivity contribution in [3.63, 3.8) is 0 Å². The topological polar surface area (TPSA) is 49.4 Å². The Hall–Kier alpha value is -1.39. The number of hydrogen-bond acceptors (Lipinski definition) is 3. The van der Waals surface area contributed by atoms with Crippen molar-refractivity contribution in [3.8, 4) is 0 Å². The number of fused-ring (bicyclic) bond motifs is 1. The molecule has 1 aliphatic heterocycles. The summed E-state index contributed by atoms with van der Waals surface area (Å²) in [6, 6.07) is 4.98. The van der Waals surface area contributed by atoms with Crippen LogP contribution in [0.1, 0.15) is 23.7 Å². The lowest BCUT2D eigenvalue weighted by atomic mass is 10.1. The van der Waals surface area contributed by atoms with E-state index in [0.717, 1.165) is 19.5 Å². The van der Waals surface area contributed by atoms with Gasteiger partial charge in [0, 0.05) is 11.6 Å². The normalized spacial score (nSPS) is 14.2. The third-order valence-electron chi connectivity index (χ3n) is 2.92. The molecule has 0 bridgehead atoms. The molecule has 18 heavy (non-hydrogen) atoms. The molecule has 0 saturated heterocycles. The molecule has 4 nitrogen and oxygen atoms in total.